The van der Waals surface area contributed by atoms with Gasteiger partial charge >= 0.3 is 12.1 Å². The van der Waals surface area contributed by atoms with E-state index in [-0.39, 0.29) is 43.2 Å². The average Bonchev–Trinajstić information content (AvgIpc) is 2.85. The number of carbonyl (C=O) groups excluding carboxylic acids is 4. The van der Waals surface area contributed by atoms with E-state index in [0.29, 0.717) is 12.0 Å². The second-order valence-electron chi connectivity index (χ2n) is 10.2. The van der Waals surface area contributed by atoms with E-state index >= 15 is 0 Å². The number of unbranched alkanes of at least 4 members (excludes halogenated alkanes) is 3. The standard InChI is InChI=1S/C28H45N3O7S/c1-7-9-10-11-17-31(26(35)21(18-39)30-27(36)38-28(4,5)6)23(20-14-12-13-19(3)24(20)33)25(34)29-16-15-22(32)37-8-2/h12-14,21,23,33,39H,7-11,15-18H2,1-6H3,(H,29,34)(H,30,36). The summed E-state index contributed by atoms with van der Waals surface area (Å²) in [5.41, 5.74) is -0.00138. The van der Waals surface area contributed by atoms with E-state index in [9.17, 15) is 24.3 Å². The predicted molar refractivity (Wildman–Crippen MR) is 153 cm³/mol. The van der Waals surface area contributed by atoms with Gasteiger partial charge in [0, 0.05) is 24.4 Å². The van der Waals surface area contributed by atoms with Crippen LogP contribution in [0.3, 0.4) is 0 Å². The Balaban J connectivity index is 3.41. The number of benzene rings is 1. The van der Waals surface area contributed by atoms with Crippen molar-refractivity contribution in [1.29, 1.82) is 0 Å². The van der Waals surface area contributed by atoms with Crippen LogP contribution in [-0.2, 0) is 23.9 Å². The third-order valence-electron chi connectivity index (χ3n) is 5.76. The lowest BCUT2D eigenvalue weighted by molar-refractivity contribution is -0.144. The Labute approximate surface area is 237 Å². The van der Waals surface area contributed by atoms with E-state index in [4.69, 9.17) is 9.47 Å². The van der Waals surface area contributed by atoms with Gasteiger partial charge in [-0.15, -0.1) is 0 Å². The zero-order chi connectivity index (χ0) is 29.6. The molecule has 1 aromatic carbocycles. The molecule has 0 saturated carbocycles. The number of amides is 3. The highest BCUT2D eigenvalue weighted by Gasteiger charge is 2.37. The molecule has 3 amide bonds. The molecule has 11 heteroatoms. The van der Waals surface area contributed by atoms with Gasteiger partial charge in [-0.05, 0) is 46.6 Å². The van der Waals surface area contributed by atoms with Gasteiger partial charge in [-0.25, -0.2) is 4.79 Å². The minimum absolute atomic E-state index is 0.00916. The molecule has 2 atom stereocenters. The molecule has 0 aliphatic rings. The van der Waals surface area contributed by atoms with E-state index in [1.807, 2.05) is 0 Å². The first-order chi connectivity index (χ1) is 18.4. The third kappa shape index (κ3) is 11.8. The molecular weight excluding hydrogens is 522 g/mol. The van der Waals surface area contributed by atoms with E-state index < -0.39 is 41.6 Å². The molecule has 0 saturated heterocycles. The lowest BCUT2D eigenvalue weighted by Gasteiger charge is -2.34. The molecule has 39 heavy (non-hydrogen) atoms. The average molecular weight is 568 g/mol. The lowest BCUT2D eigenvalue weighted by atomic mass is 9.99. The van der Waals surface area contributed by atoms with Crippen molar-refractivity contribution in [3.63, 3.8) is 0 Å². The Morgan fingerprint density at radius 3 is 2.38 bits per heavy atom. The smallest absolute Gasteiger partial charge is 0.408 e. The summed E-state index contributed by atoms with van der Waals surface area (Å²) in [7, 11) is 0. The van der Waals surface area contributed by atoms with Gasteiger partial charge in [-0.2, -0.15) is 12.6 Å². The van der Waals surface area contributed by atoms with Crippen molar-refractivity contribution < 1.29 is 33.8 Å². The van der Waals surface area contributed by atoms with E-state index in [1.165, 1.54) is 4.90 Å². The third-order valence-corrected chi connectivity index (χ3v) is 6.13. The normalized spacial score (nSPS) is 12.7. The zero-order valence-corrected chi connectivity index (χ0v) is 24.9. The summed E-state index contributed by atoms with van der Waals surface area (Å²) in [6.45, 7) is 11.0. The number of ether oxygens (including phenoxy) is 2. The van der Waals surface area contributed by atoms with Gasteiger partial charge in [0.2, 0.25) is 11.8 Å². The molecule has 0 aromatic heterocycles. The Hall–Kier alpha value is -2.95. The van der Waals surface area contributed by atoms with Crippen molar-refractivity contribution in [1.82, 2.24) is 15.5 Å². The fraction of sp³-hybridized carbons (Fsp3) is 0.643. The summed E-state index contributed by atoms with van der Waals surface area (Å²) in [6, 6.07) is 2.67. The first-order valence-electron chi connectivity index (χ1n) is 13.5. The predicted octanol–water partition coefficient (Wildman–Crippen LogP) is 4.04. The van der Waals surface area contributed by atoms with Crippen LogP contribution < -0.4 is 10.6 Å². The van der Waals surface area contributed by atoms with Gasteiger partial charge in [0.25, 0.3) is 0 Å². The maximum Gasteiger partial charge on any atom is 0.408 e. The van der Waals surface area contributed by atoms with Crippen LogP contribution in [0.15, 0.2) is 18.2 Å². The van der Waals surface area contributed by atoms with Gasteiger partial charge in [-0.3, -0.25) is 14.4 Å². The van der Waals surface area contributed by atoms with Gasteiger partial charge in [0.1, 0.15) is 23.4 Å². The molecule has 1 aromatic rings. The summed E-state index contributed by atoms with van der Waals surface area (Å²) in [5, 5.41) is 16.2. The highest BCUT2D eigenvalue weighted by Crippen LogP contribution is 2.32. The molecule has 1 rings (SSSR count). The monoisotopic (exact) mass is 567 g/mol. The second-order valence-corrected chi connectivity index (χ2v) is 10.6. The summed E-state index contributed by atoms with van der Waals surface area (Å²) in [5.74, 6) is -1.73. The minimum atomic E-state index is -1.22. The second kappa shape index (κ2) is 16.9. The van der Waals surface area contributed by atoms with Crippen LogP contribution >= 0.6 is 12.6 Å². The van der Waals surface area contributed by atoms with Crippen molar-refractivity contribution in [2.75, 3.05) is 25.4 Å². The number of phenolic OH excluding ortho intramolecular Hbond substituents is 1. The van der Waals surface area contributed by atoms with Crippen molar-refractivity contribution in [3.8, 4) is 5.75 Å². The largest absolute Gasteiger partial charge is 0.507 e. The Morgan fingerprint density at radius 1 is 1.10 bits per heavy atom. The van der Waals surface area contributed by atoms with E-state index in [1.54, 1.807) is 52.8 Å². The highest BCUT2D eigenvalue weighted by molar-refractivity contribution is 7.80. The van der Waals surface area contributed by atoms with Crippen LogP contribution in [-0.4, -0.2) is 71.0 Å². The van der Waals surface area contributed by atoms with E-state index in [2.05, 4.69) is 30.2 Å². The number of aromatic hydroxyl groups is 1. The van der Waals surface area contributed by atoms with Gasteiger partial charge in [0.05, 0.1) is 13.0 Å². The number of hydrogen-bond acceptors (Lipinski definition) is 8. The maximum atomic E-state index is 13.9. The molecule has 2 unspecified atom stereocenters. The molecule has 0 heterocycles. The minimum Gasteiger partial charge on any atom is -0.507 e. The molecule has 0 radical (unpaired) electrons. The number of hydrogen-bond donors (Lipinski definition) is 4. The first-order valence-corrected chi connectivity index (χ1v) is 14.1. The quantitative estimate of drug-likeness (QED) is 0.143. The van der Waals surface area contributed by atoms with Crippen LogP contribution in [0, 0.1) is 6.92 Å². The molecule has 0 aliphatic heterocycles. The SMILES string of the molecule is CCCCCCN(C(=O)C(CS)NC(=O)OC(C)(C)C)C(C(=O)NCCC(=O)OCC)c1cccc(C)c1O. The Kier molecular flexibility index (Phi) is 14.8. The summed E-state index contributed by atoms with van der Waals surface area (Å²) < 4.78 is 10.2. The van der Waals surface area contributed by atoms with Crippen LogP contribution in [0.4, 0.5) is 4.79 Å². The number of thiol groups is 1. The van der Waals surface area contributed by atoms with Crippen molar-refractivity contribution in [2.24, 2.45) is 0 Å². The van der Waals surface area contributed by atoms with Gasteiger partial charge in [0.15, 0.2) is 0 Å². The van der Waals surface area contributed by atoms with Crippen molar-refractivity contribution in [2.45, 2.75) is 91.3 Å². The number of rotatable bonds is 15. The number of phenols is 1. The molecule has 0 fully saturated rings. The number of alkyl carbamates (subject to hydrolysis) is 1. The highest BCUT2D eigenvalue weighted by atomic mass is 32.1. The molecule has 220 valence electrons. The number of carbonyl (C=O) groups is 4. The topological polar surface area (TPSA) is 134 Å². The Bertz CT molecular complexity index is 965. The van der Waals surface area contributed by atoms with Gasteiger partial charge in [-0.1, -0.05) is 44.4 Å². The summed E-state index contributed by atoms with van der Waals surface area (Å²) in [4.78, 5) is 53.1. The molecule has 0 spiro atoms. The Morgan fingerprint density at radius 2 is 1.79 bits per heavy atom. The maximum absolute atomic E-state index is 13.9. The number of para-hydroxylation sites is 1. The number of esters is 1. The van der Waals surface area contributed by atoms with Crippen LogP contribution in [0.25, 0.3) is 0 Å². The molecule has 10 nitrogen and oxygen atoms in total. The summed E-state index contributed by atoms with van der Waals surface area (Å²) >= 11 is 4.28. The first kappa shape index (κ1) is 34.1. The van der Waals surface area contributed by atoms with Gasteiger partial charge < -0.3 is 30.1 Å². The fourth-order valence-electron chi connectivity index (χ4n) is 3.88. The molecule has 0 aliphatic carbocycles. The van der Waals surface area contributed by atoms with Crippen molar-refractivity contribution >= 4 is 36.5 Å². The zero-order valence-electron chi connectivity index (χ0n) is 24.0. The van der Waals surface area contributed by atoms with Crippen molar-refractivity contribution in [3.05, 3.63) is 29.3 Å². The van der Waals surface area contributed by atoms with Crippen LogP contribution in [0.1, 0.15) is 83.9 Å². The van der Waals surface area contributed by atoms with E-state index in [0.717, 1.165) is 19.3 Å². The number of nitrogens with zero attached hydrogens (tertiary/aromatic N) is 1. The molecule has 0 bridgehead atoms. The lowest BCUT2D eigenvalue weighted by Crippen LogP contribution is -2.54. The number of nitrogens with one attached hydrogen (secondary N) is 2. The van der Waals surface area contributed by atoms with Crippen LogP contribution in [0.5, 0.6) is 5.75 Å². The number of aryl methyl sites for hydroxylation is 1. The van der Waals surface area contributed by atoms with Crippen LogP contribution in [0.2, 0.25) is 0 Å². The molecular formula is C28H45N3O7S. The fourth-order valence-corrected chi connectivity index (χ4v) is 4.13. The molecule has 3 N–H and O–H groups in total. The summed E-state index contributed by atoms with van der Waals surface area (Å²) in [6.07, 6.45) is 2.52.